The Balaban J connectivity index is 1.91. The number of hydrogen-bond donors (Lipinski definition) is 0. The van der Waals surface area contributed by atoms with E-state index in [2.05, 4.69) is 11.9 Å². The van der Waals surface area contributed by atoms with Gasteiger partial charge in [-0.25, -0.2) is 4.98 Å². The van der Waals surface area contributed by atoms with Gasteiger partial charge < -0.3 is 14.4 Å². The molecule has 28 heavy (non-hydrogen) atoms. The van der Waals surface area contributed by atoms with Crippen LogP contribution in [0, 0.1) is 0 Å². The van der Waals surface area contributed by atoms with Crippen LogP contribution in [-0.4, -0.2) is 17.5 Å². The summed E-state index contributed by atoms with van der Waals surface area (Å²) < 4.78 is 11.8. The van der Waals surface area contributed by atoms with Crippen molar-refractivity contribution in [1.29, 1.82) is 0 Å². The van der Waals surface area contributed by atoms with Crippen LogP contribution in [0.25, 0.3) is 0 Å². The fraction of sp³-hybridized carbons (Fsp3) is 0.217. The molecule has 0 atom stereocenters. The van der Waals surface area contributed by atoms with Gasteiger partial charge in [-0.1, -0.05) is 43.3 Å². The molecule has 0 aliphatic heterocycles. The van der Waals surface area contributed by atoms with Crippen molar-refractivity contribution in [1.82, 2.24) is 4.98 Å². The maximum Gasteiger partial charge on any atom is 0.243 e. The van der Waals surface area contributed by atoms with E-state index in [-0.39, 0.29) is 5.91 Å². The molecule has 0 fully saturated rings. The number of amides is 1. The predicted molar refractivity (Wildman–Crippen MR) is 110 cm³/mol. The highest BCUT2D eigenvalue weighted by Gasteiger charge is 2.20. The van der Waals surface area contributed by atoms with Crippen molar-refractivity contribution in [2.45, 2.75) is 26.8 Å². The fourth-order valence-corrected chi connectivity index (χ4v) is 2.79. The summed E-state index contributed by atoms with van der Waals surface area (Å²) in [5.41, 5.74) is 1.55. The monoisotopic (exact) mass is 376 g/mol. The minimum Gasteiger partial charge on any atom is -0.493 e. The van der Waals surface area contributed by atoms with E-state index in [4.69, 9.17) is 9.47 Å². The van der Waals surface area contributed by atoms with E-state index in [9.17, 15) is 4.79 Å². The molecule has 0 bridgehead atoms. The number of para-hydroxylation sites is 2. The maximum absolute atomic E-state index is 12.5. The van der Waals surface area contributed by atoms with Crippen molar-refractivity contribution in [3.63, 3.8) is 0 Å². The quantitative estimate of drug-likeness (QED) is 0.541. The molecule has 0 saturated carbocycles. The average Bonchev–Trinajstić information content (AvgIpc) is 2.72. The molecule has 0 unspecified atom stereocenters. The zero-order valence-electron chi connectivity index (χ0n) is 16.2. The lowest BCUT2D eigenvalue weighted by Crippen LogP contribution is -2.28. The van der Waals surface area contributed by atoms with Gasteiger partial charge in [0.1, 0.15) is 17.2 Å². The van der Waals surface area contributed by atoms with E-state index in [1.54, 1.807) is 17.2 Å². The molecule has 144 valence electrons. The molecule has 0 spiro atoms. The minimum absolute atomic E-state index is 0.101. The number of rotatable bonds is 8. The smallest absolute Gasteiger partial charge is 0.243 e. The number of ether oxygens (including phenoxy) is 2. The summed E-state index contributed by atoms with van der Waals surface area (Å²) in [4.78, 5) is 18.5. The van der Waals surface area contributed by atoms with Gasteiger partial charge in [0.2, 0.25) is 11.8 Å². The van der Waals surface area contributed by atoms with Gasteiger partial charge in [-0.2, -0.15) is 0 Å². The van der Waals surface area contributed by atoms with Crippen molar-refractivity contribution < 1.29 is 14.3 Å². The van der Waals surface area contributed by atoms with Crippen molar-refractivity contribution in [2.24, 2.45) is 0 Å². The van der Waals surface area contributed by atoms with Crippen LogP contribution in [0.5, 0.6) is 17.4 Å². The van der Waals surface area contributed by atoms with E-state index in [0.29, 0.717) is 30.5 Å². The highest BCUT2D eigenvalue weighted by molar-refractivity contribution is 5.92. The number of aromatic nitrogens is 1. The standard InChI is InChI=1S/C23H24N2O3/c1-3-16-27-22-14-8-7-10-19(22)17-25(18(2)26)21-13-9-15-24-23(21)28-20-11-5-4-6-12-20/h4-15H,3,16-17H2,1-2H3. The second kappa shape index (κ2) is 9.55. The van der Waals surface area contributed by atoms with Gasteiger partial charge in [0.25, 0.3) is 0 Å². The lowest BCUT2D eigenvalue weighted by atomic mass is 10.1. The Hall–Kier alpha value is -3.34. The lowest BCUT2D eigenvalue weighted by Gasteiger charge is -2.24. The molecule has 2 aromatic carbocycles. The molecule has 3 rings (SSSR count). The maximum atomic E-state index is 12.5. The van der Waals surface area contributed by atoms with E-state index in [0.717, 1.165) is 17.7 Å². The minimum atomic E-state index is -0.101. The Kier molecular flexibility index (Phi) is 6.63. The van der Waals surface area contributed by atoms with E-state index in [1.807, 2.05) is 60.7 Å². The Labute approximate surface area is 165 Å². The summed E-state index contributed by atoms with van der Waals surface area (Å²) in [7, 11) is 0. The van der Waals surface area contributed by atoms with Crippen LogP contribution in [0.4, 0.5) is 5.69 Å². The second-order valence-electron chi connectivity index (χ2n) is 6.30. The second-order valence-corrected chi connectivity index (χ2v) is 6.30. The number of carbonyl (C=O) groups is 1. The van der Waals surface area contributed by atoms with Crippen molar-refractivity contribution in [3.8, 4) is 17.4 Å². The molecule has 5 heteroatoms. The fourth-order valence-electron chi connectivity index (χ4n) is 2.79. The van der Waals surface area contributed by atoms with Crippen LogP contribution < -0.4 is 14.4 Å². The van der Waals surface area contributed by atoms with Crippen LogP contribution in [-0.2, 0) is 11.3 Å². The van der Waals surface area contributed by atoms with Crippen LogP contribution in [0.1, 0.15) is 25.8 Å². The zero-order chi connectivity index (χ0) is 19.8. The molecule has 1 amide bonds. The lowest BCUT2D eigenvalue weighted by molar-refractivity contribution is -0.116. The topological polar surface area (TPSA) is 51.7 Å². The number of nitrogens with zero attached hydrogens (tertiary/aromatic N) is 2. The molecule has 1 aromatic heterocycles. The normalized spacial score (nSPS) is 10.4. The largest absolute Gasteiger partial charge is 0.493 e. The first-order valence-corrected chi connectivity index (χ1v) is 9.35. The van der Waals surface area contributed by atoms with Gasteiger partial charge in [-0.05, 0) is 36.8 Å². The van der Waals surface area contributed by atoms with Crippen LogP contribution in [0.2, 0.25) is 0 Å². The predicted octanol–water partition coefficient (Wildman–Crippen LogP) is 5.22. The number of pyridine rings is 1. The van der Waals surface area contributed by atoms with Gasteiger partial charge in [-0.3, -0.25) is 4.79 Å². The summed E-state index contributed by atoms with van der Waals surface area (Å²) in [5.74, 6) is 1.73. The Morgan fingerprint density at radius 3 is 2.50 bits per heavy atom. The van der Waals surface area contributed by atoms with E-state index >= 15 is 0 Å². The highest BCUT2D eigenvalue weighted by Crippen LogP contribution is 2.32. The summed E-state index contributed by atoms with van der Waals surface area (Å²) in [6, 6.07) is 20.8. The number of hydrogen-bond acceptors (Lipinski definition) is 4. The molecule has 0 radical (unpaired) electrons. The highest BCUT2D eigenvalue weighted by atomic mass is 16.5. The molecular formula is C23H24N2O3. The summed E-state index contributed by atoms with van der Waals surface area (Å²) >= 11 is 0. The molecule has 0 N–H and O–H groups in total. The Morgan fingerprint density at radius 1 is 1.00 bits per heavy atom. The first kappa shape index (κ1) is 19.4. The zero-order valence-corrected chi connectivity index (χ0v) is 16.2. The number of benzene rings is 2. The van der Waals surface area contributed by atoms with Gasteiger partial charge in [0.05, 0.1) is 13.2 Å². The van der Waals surface area contributed by atoms with Crippen LogP contribution >= 0.6 is 0 Å². The molecule has 1 heterocycles. The van der Waals surface area contributed by atoms with Crippen molar-refractivity contribution in [2.75, 3.05) is 11.5 Å². The van der Waals surface area contributed by atoms with Gasteiger partial charge >= 0.3 is 0 Å². The SMILES string of the molecule is CCCOc1ccccc1CN(C(C)=O)c1cccnc1Oc1ccccc1. The molecule has 0 aliphatic rings. The summed E-state index contributed by atoms with van der Waals surface area (Å²) in [6.45, 7) is 4.60. The molecule has 0 aliphatic carbocycles. The van der Waals surface area contributed by atoms with Crippen LogP contribution in [0.15, 0.2) is 72.9 Å². The van der Waals surface area contributed by atoms with Gasteiger partial charge in [0.15, 0.2) is 0 Å². The molecular weight excluding hydrogens is 352 g/mol. The number of carbonyl (C=O) groups excluding carboxylic acids is 1. The first-order chi connectivity index (χ1) is 13.7. The van der Waals surface area contributed by atoms with E-state index < -0.39 is 0 Å². The van der Waals surface area contributed by atoms with Gasteiger partial charge in [-0.15, -0.1) is 0 Å². The van der Waals surface area contributed by atoms with Crippen molar-refractivity contribution in [3.05, 3.63) is 78.5 Å². The Morgan fingerprint density at radius 2 is 1.75 bits per heavy atom. The molecule has 3 aromatic rings. The third-order valence-corrected chi connectivity index (χ3v) is 4.14. The number of anilines is 1. The average molecular weight is 376 g/mol. The van der Waals surface area contributed by atoms with Crippen molar-refractivity contribution >= 4 is 11.6 Å². The third-order valence-electron chi connectivity index (χ3n) is 4.14. The molecule has 0 saturated heterocycles. The third kappa shape index (κ3) is 4.88. The summed E-state index contributed by atoms with van der Waals surface area (Å²) in [5, 5.41) is 0. The first-order valence-electron chi connectivity index (χ1n) is 9.35. The molecule has 5 nitrogen and oxygen atoms in total. The summed E-state index contributed by atoms with van der Waals surface area (Å²) in [6.07, 6.45) is 2.57. The van der Waals surface area contributed by atoms with Gasteiger partial charge in [0, 0.05) is 18.7 Å². The Bertz CT molecular complexity index is 912. The van der Waals surface area contributed by atoms with Crippen LogP contribution in [0.3, 0.4) is 0 Å². The van der Waals surface area contributed by atoms with E-state index in [1.165, 1.54) is 6.92 Å².